The van der Waals surface area contributed by atoms with Gasteiger partial charge in [-0.25, -0.2) is 9.48 Å². The van der Waals surface area contributed by atoms with Crippen LogP contribution < -0.4 is 20.7 Å². The van der Waals surface area contributed by atoms with E-state index < -0.39 is 11.7 Å². The zero-order valence-corrected chi connectivity index (χ0v) is 22.4. The molecule has 1 amide bonds. The molecule has 2 atom stereocenters. The largest absolute Gasteiger partial charge is 0.444 e. The Balaban J connectivity index is 1.45. The smallest absolute Gasteiger partial charge is 0.407 e. The average molecular weight is 509 g/mol. The molecule has 4 rings (SSSR count). The number of ether oxygens (including phenoxy) is 1. The molecule has 198 valence electrons. The minimum atomic E-state index is -0.544. The van der Waals surface area contributed by atoms with Gasteiger partial charge in [0.25, 0.3) is 5.56 Å². The number of anilines is 2. The normalized spacial score (nSPS) is 16.8. The standard InChI is InChI=1S/C26H36N8O3/c1-18(34-17-23(29-30-34)19-12-22(31(5)6)15-27-14-19)33-11-9-21(13-24(33)35)32-10-7-8-20(16-32)28-25(36)37-26(2,3)4/h9,11-15,17-18,20H,7-8,10,16H2,1-6H3,(H,28,36)/t18?,20-/m1/s1. The Morgan fingerprint density at radius 2 is 2.03 bits per heavy atom. The number of rotatable bonds is 6. The molecule has 1 N–H and O–H groups in total. The van der Waals surface area contributed by atoms with Crippen molar-refractivity contribution in [3.05, 3.63) is 53.3 Å². The number of pyridine rings is 2. The number of carbonyl (C=O) groups excluding carboxylic acids is 1. The van der Waals surface area contributed by atoms with Gasteiger partial charge in [0, 0.05) is 62.9 Å². The summed E-state index contributed by atoms with van der Waals surface area (Å²) in [6.45, 7) is 8.86. The summed E-state index contributed by atoms with van der Waals surface area (Å²) in [6.07, 6.45) is 8.13. The van der Waals surface area contributed by atoms with Gasteiger partial charge >= 0.3 is 6.09 Å². The number of nitrogens with one attached hydrogen (secondary N) is 1. The van der Waals surface area contributed by atoms with E-state index in [1.807, 2.05) is 65.0 Å². The van der Waals surface area contributed by atoms with Crippen LogP contribution in [0, 0.1) is 0 Å². The number of nitrogens with zero attached hydrogens (tertiary/aromatic N) is 7. The van der Waals surface area contributed by atoms with Gasteiger partial charge in [-0.2, -0.15) is 0 Å². The van der Waals surface area contributed by atoms with Crippen molar-refractivity contribution in [1.82, 2.24) is 29.9 Å². The molecule has 3 aromatic rings. The Bertz CT molecular complexity index is 1290. The van der Waals surface area contributed by atoms with Crippen LogP contribution in [0.3, 0.4) is 0 Å². The lowest BCUT2D eigenvalue weighted by Crippen LogP contribution is -2.49. The molecule has 11 nitrogen and oxygen atoms in total. The van der Waals surface area contributed by atoms with Crippen molar-refractivity contribution in [1.29, 1.82) is 0 Å². The maximum atomic E-state index is 13.1. The molecule has 37 heavy (non-hydrogen) atoms. The van der Waals surface area contributed by atoms with E-state index in [0.29, 0.717) is 12.2 Å². The molecule has 1 aliphatic rings. The van der Waals surface area contributed by atoms with Crippen LogP contribution in [0.25, 0.3) is 11.3 Å². The van der Waals surface area contributed by atoms with Gasteiger partial charge in [-0.3, -0.25) is 14.3 Å². The first-order valence-corrected chi connectivity index (χ1v) is 12.5. The highest BCUT2D eigenvalue weighted by Gasteiger charge is 2.25. The van der Waals surface area contributed by atoms with Crippen LogP contribution in [-0.2, 0) is 4.74 Å². The van der Waals surface area contributed by atoms with Gasteiger partial charge in [-0.05, 0) is 52.7 Å². The van der Waals surface area contributed by atoms with E-state index in [1.54, 1.807) is 33.9 Å². The molecule has 3 aromatic heterocycles. The van der Waals surface area contributed by atoms with Crippen molar-refractivity contribution in [3.63, 3.8) is 0 Å². The summed E-state index contributed by atoms with van der Waals surface area (Å²) in [5, 5.41) is 11.5. The fourth-order valence-corrected chi connectivity index (χ4v) is 4.32. The van der Waals surface area contributed by atoms with Crippen molar-refractivity contribution in [2.45, 2.75) is 58.3 Å². The van der Waals surface area contributed by atoms with Crippen LogP contribution in [0.15, 0.2) is 47.8 Å². The molecular formula is C26H36N8O3. The van der Waals surface area contributed by atoms with E-state index in [4.69, 9.17) is 4.74 Å². The van der Waals surface area contributed by atoms with E-state index >= 15 is 0 Å². The van der Waals surface area contributed by atoms with Gasteiger partial charge in [0.2, 0.25) is 0 Å². The maximum Gasteiger partial charge on any atom is 0.407 e. The first-order valence-electron chi connectivity index (χ1n) is 12.5. The average Bonchev–Trinajstić information content (AvgIpc) is 3.33. The Labute approximate surface area is 217 Å². The summed E-state index contributed by atoms with van der Waals surface area (Å²) in [6, 6.07) is 5.51. The Morgan fingerprint density at radius 3 is 2.73 bits per heavy atom. The number of piperidine rings is 1. The summed E-state index contributed by atoms with van der Waals surface area (Å²) in [4.78, 5) is 33.7. The molecule has 0 bridgehead atoms. The molecule has 1 unspecified atom stereocenters. The number of hydrogen-bond acceptors (Lipinski definition) is 8. The Morgan fingerprint density at radius 1 is 1.24 bits per heavy atom. The zero-order valence-electron chi connectivity index (χ0n) is 22.4. The molecule has 0 aliphatic carbocycles. The topological polar surface area (TPSA) is 110 Å². The van der Waals surface area contributed by atoms with Gasteiger partial charge in [-0.1, -0.05) is 5.21 Å². The van der Waals surface area contributed by atoms with Gasteiger partial charge in [0.15, 0.2) is 0 Å². The lowest BCUT2D eigenvalue weighted by molar-refractivity contribution is 0.0500. The summed E-state index contributed by atoms with van der Waals surface area (Å²) in [5.41, 5.74) is 2.65. The molecule has 0 radical (unpaired) electrons. The minimum Gasteiger partial charge on any atom is -0.444 e. The van der Waals surface area contributed by atoms with Crippen molar-refractivity contribution in [2.24, 2.45) is 0 Å². The molecule has 1 aliphatic heterocycles. The highest BCUT2D eigenvalue weighted by molar-refractivity contribution is 5.68. The second-order valence-electron chi connectivity index (χ2n) is 10.6. The number of carbonyl (C=O) groups is 1. The van der Waals surface area contributed by atoms with Gasteiger partial charge in [-0.15, -0.1) is 5.10 Å². The van der Waals surface area contributed by atoms with Gasteiger partial charge < -0.3 is 19.9 Å². The number of alkyl carbamates (subject to hydrolysis) is 1. The van der Waals surface area contributed by atoms with E-state index in [9.17, 15) is 9.59 Å². The van der Waals surface area contributed by atoms with Crippen molar-refractivity contribution in [2.75, 3.05) is 37.0 Å². The molecule has 4 heterocycles. The predicted molar refractivity (Wildman–Crippen MR) is 143 cm³/mol. The summed E-state index contributed by atoms with van der Waals surface area (Å²) in [5.74, 6) is 0. The quantitative estimate of drug-likeness (QED) is 0.541. The highest BCUT2D eigenvalue weighted by atomic mass is 16.6. The van der Waals surface area contributed by atoms with Crippen molar-refractivity contribution < 1.29 is 9.53 Å². The number of amides is 1. The van der Waals surface area contributed by atoms with Gasteiger partial charge in [0.1, 0.15) is 17.5 Å². The van der Waals surface area contributed by atoms with Crippen LogP contribution in [0.1, 0.15) is 46.7 Å². The lowest BCUT2D eigenvalue weighted by Gasteiger charge is -2.35. The lowest BCUT2D eigenvalue weighted by atomic mass is 10.1. The van der Waals surface area contributed by atoms with Crippen LogP contribution in [0.5, 0.6) is 0 Å². The van der Waals surface area contributed by atoms with Crippen LogP contribution in [0.2, 0.25) is 0 Å². The SMILES string of the molecule is CC(n1cc(-c2cncc(N(C)C)c2)nn1)n1ccc(N2CCC[C@@H](NC(=O)OC(C)(C)C)C2)cc1=O. The van der Waals surface area contributed by atoms with E-state index in [2.05, 4.69) is 25.5 Å². The highest BCUT2D eigenvalue weighted by Crippen LogP contribution is 2.22. The van der Waals surface area contributed by atoms with Crippen LogP contribution in [-0.4, -0.2) is 69.5 Å². The van der Waals surface area contributed by atoms with Crippen LogP contribution >= 0.6 is 0 Å². The summed E-state index contributed by atoms with van der Waals surface area (Å²) in [7, 11) is 3.91. The third-order valence-corrected chi connectivity index (χ3v) is 6.27. The van der Waals surface area contributed by atoms with E-state index in [-0.39, 0.29) is 17.8 Å². The predicted octanol–water partition coefficient (Wildman–Crippen LogP) is 3.13. The first-order chi connectivity index (χ1) is 17.5. The minimum absolute atomic E-state index is 0.0426. The van der Waals surface area contributed by atoms with Crippen LogP contribution in [0.4, 0.5) is 16.2 Å². The Hall–Kier alpha value is -3.89. The number of hydrogen-bond donors (Lipinski definition) is 1. The second-order valence-corrected chi connectivity index (χ2v) is 10.6. The fourth-order valence-electron chi connectivity index (χ4n) is 4.32. The molecule has 0 spiro atoms. The maximum absolute atomic E-state index is 13.1. The van der Waals surface area contributed by atoms with E-state index in [1.165, 1.54) is 0 Å². The summed E-state index contributed by atoms with van der Waals surface area (Å²) >= 11 is 0. The molecular weight excluding hydrogens is 472 g/mol. The zero-order chi connectivity index (χ0) is 26.7. The van der Waals surface area contributed by atoms with E-state index in [0.717, 1.165) is 36.3 Å². The second kappa shape index (κ2) is 10.6. The third kappa shape index (κ3) is 6.46. The third-order valence-electron chi connectivity index (χ3n) is 6.27. The molecule has 11 heteroatoms. The first kappa shape index (κ1) is 26.2. The number of aromatic nitrogens is 5. The Kier molecular flexibility index (Phi) is 7.51. The molecule has 1 saturated heterocycles. The monoisotopic (exact) mass is 508 g/mol. The van der Waals surface area contributed by atoms with Crippen molar-refractivity contribution >= 4 is 17.5 Å². The van der Waals surface area contributed by atoms with Gasteiger partial charge in [0.05, 0.1) is 18.1 Å². The molecule has 1 fully saturated rings. The molecule has 0 saturated carbocycles. The fraction of sp³-hybridized carbons (Fsp3) is 0.500. The molecule has 0 aromatic carbocycles. The van der Waals surface area contributed by atoms with Crippen molar-refractivity contribution in [3.8, 4) is 11.3 Å². The summed E-state index contributed by atoms with van der Waals surface area (Å²) < 4.78 is 8.68.